The number of aliphatic carboxylic acids is 2. The van der Waals surface area contributed by atoms with Gasteiger partial charge in [-0.15, -0.1) is 0 Å². The van der Waals surface area contributed by atoms with Gasteiger partial charge in [-0.05, 0) is 25.3 Å². The predicted molar refractivity (Wildman–Crippen MR) is 60.4 cm³/mol. The maximum atomic E-state index is 10.7. The third-order valence-electron chi connectivity index (χ3n) is 2.52. The quantitative estimate of drug-likeness (QED) is 0.557. The molecule has 3 N–H and O–H groups in total. The van der Waals surface area contributed by atoms with Crippen molar-refractivity contribution < 1.29 is 19.8 Å². The number of nitrogens with one attached hydrogen (secondary N) is 1. The molecule has 5 heteroatoms. The molecule has 2 atom stereocenters. The van der Waals surface area contributed by atoms with Crippen LogP contribution in [0.25, 0.3) is 0 Å². The van der Waals surface area contributed by atoms with Crippen molar-refractivity contribution in [3.8, 4) is 0 Å². The second kappa shape index (κ2) is 8.10. The molecule has 2 unspecified atom stereocenters. The van der Waals surface area contributed by atoms with Crippen LogP contribution in [0.3, 0.4) is 0 Å². The summed E-state index contributed by atoms with van der Waals surface area (Å²) in [5.74, 6) is -1.70. The van der Waals surface area contributed by atoms with Gasteiger partial charge in [0.2, 0.25) is 0 Å². The van der Waals surface area contributed by atoms with Crippen molar-refractivity contribution in [1.29, 1.82) is 0 Å². The van der Waals surface area contributed by atoms with Crippen LogP contribution in [0.2, 0.25) is 0 Å². The summed E-state index contributed by atoms with van der Waals surface area (Å²) in [5, 5.41) is 20.4. The Morgan fingerprint density at radius 1 is 1.25 bits per heavy atom. The van der Waals surface area contributed by atoms with Crippen molar-refractivity contribution in [1.82, 2.24) is 5.32 Å². The van der Waals surface area contributed by atoms with E-state index in [2.05, 4.69) is 5.32 Å². The second-order valence-electron chi connectivity index (χ2n) is 3.96. The number of carbonyl (C=O) groups is 2. The van der Waals surface area contributed by atoms with Crippen LogP contribution in [0, 0.1) is 5.92 Å². The average molecular weight is 231 g/mol. The molecule has 0 aromatic heterocycles. The van der Waals surface area contributed by atoms with Crippen molar-refractivity contribution in [2.75, 3.05) is 6.54 Å². The molecule has 0 aromatic rings. The first-order valence-corrected chi connectivity index (χ1v) is 5.69. The van der Waals surface area contributed by atoms with E-state index in [9.17, 15) is 9.59 Å². The number of carboxylic acid groups (broad SMARTS) is 2. The lowest BCUT2D eigenvalue weighted by molar-refractivity contribution is -0.139. The van der Waals surface area contributed by atoms with Crippen LogP contribution in [0.15, 0.2) is 0 Å². The van der Waals surface area contributed by atoms with Gasteiger partial charge in [0.25, 0.3) is 0 Å². The van der Waals surface area contributed by atoms with Crippen LogP contribution < -0.4 is 5.32 Å². The summed E-state index contributed by atoms with van der Waals surface area (Å²) >= 11 is 0. The summed E-state index contributed by atoms with van der Waals surface area (Å²) < 4.78 is 0. The third kappa shape index (κ3) is 6.40. The van der Waals surface area contributed by atoms with E-state index in [-0.39, 0.29) is 12.3 Å². The topological polar surface area (TPSA) is 86.6 Å². The predicted octanol–water partition coefficient (Wildman–Crippen LogP) is 1.33. The fourth-order valence-electron chi connectivity index (χ4n) is 1.65. The van der Waals surface area contributed by atoms with Crippen molar-refractivity contribution in [3.63, 3.8) is 0 Å². The molecule has 0 amide bonds. The average Bonchev–Trinajstić information content (AvgIpc) is 2.17. The van der Waals surface area contributed by atoms with E-state index in [1.165, 1.54) is 0 Å². The van der Waals surface area contributed by atoms with Crippen LogP contribution in [-0.2, 0) is 9.59 Å². The van der Waals surface area contributed by atoms with Crippen LogP contribution in [0.1, 0.15) is 39.5 Å². The van der Waals surface area contributed by atoms with Crippen LogP contribution in [0.5, 0.6) is 0 Å². The molecule has 0 rings (SSSR count). The van der Waals surface area contributed by atoms with Crippen LogP contribution in [-0.4, -0.2) is 34.7 Å². The lowest BCUT2D eigenvalue weighted by Gasteiger charge is -2.18. The fourth-order valence-corrected chi connectivity index (χ4v) is 1.65. The van der Waals surface area contributed by atoms with E-state index in [1.54, 1.807) is 6.92 Å². The summed E-state index contributed by atoms with van der Waals surface area (Å²) in [7, 11) is 0. The molecule has 0 aliphatic carbocycles. The second-order valence-corrected chi connectivity index (χ2v) is 3.96. The molecular formula is C11H21NO4. The summed E-state index contributed by atoms with van der Waals surface area (Å²) in [5.41, 5.74) is 0. The first kappa shape index (κ1) is 14.9. The molecule has 0 saturated carbocycles. The minimum Gasteiger partial charge on any atom is -0.481 e. The highest BCUT2D eigenvalue weighted by atomic mass is 16.4. The maximum Gasteiger partial charge on any atom is 0.320 e. The van der Waals surface area contributed by atoms with Crippen LogP contribution in [0.4, 0.5) is 0 Å². The molecule has 0 heterocycles. The molecule has 0 radical (unpaired) electrons. The zero-order valence-corrected chi connectivity index (χ0v) is 9.90. The highest BCUT2D eigenvalue weighted by Gasteiger charge is 2.18. The molecular weight excluding hydrogens is 210 g/mol. The minimum absolute atomic E-state index is 0.0101. The first-order valence-electron chi connectivity index (χ1n) is 5.69. The highest BCUT2D eigenvalue weighted by molar-refractivity contribution is 5.73. The van der Waals surface area contributed by atoms with Gasteiger partial charge in [0.05, 0.1) is 0 Å². The summed E-state index contributed by atoms with van der Waals surface area (Å²) in [6.07, 6.45) is 2.30. The van der Waals surface area contributed by atoms with Gasteiger partial charge in [-0.25, -0.2) is 0 Å². The number of carboxylic acids is 2. The van der Waals surface area contributed by atoms with Crippen molar-refractivity contribution in [2.24, 2.45) is 5.92 Å². The van der Waals surface area contributed by atoms with E-state index in [4.69, 9.17) is 10.2 Å². The van der Waals surface area contributed by atoms with Gasteiger partial charge in [-0.2, -0.15) is 0 Å². The van der Waals surface area contributed by atoms with E-state index in [0.29, 0.717) is 13.0 Å². The van der Waals surface area contributed by atoms with E-state index in [0.717, 1.165) is 12.8 Å². The summed E-state index contributed by atoms with van der Waals surface area (Å²) in [6.45, 7) is 4.23. The Hall–Kier alpha value is -1.10. The smallest absolute Gasteiger partial charge is 0.320 e. The Morgan fingerprint density at radius 2 is 1.88 bits per heavy atom. The molecule has 0 spiro atoms. The number of rotatable bonds is 9. The maximum absolute atomic E-state index is 10.7. The lowest BCUT2D eigenvalue weighted by Crippen LogP contribution is -2.39. The Kier molecular flexibility index (Phi) is 7.54. The van der Waals surface area contributed by atoms with Gasteiger partial charge >= 0.3 is 11.9 Å². The Balaban J connectivity index is 4.08. The molecule has 16 heavy (non-hydrogen) atoms. The molecule has 0 aliphatic rings. The van der Waals surface area contributed by atoms with Gasteiger partial charge in [-0.3, -0.25) is 9.59 Å². The zero-order chi connectivity index (χ0) is 12.6. The van der Waals surface area contributed by atoms with Crippen molar-refractivity contribution in [2.45, 2.75) is 45.6 Å². The standard InChI is InChI=1S/C11H21NO4/c1-3-5-8(6-10(13)14)7-12-9(4-2)11(15)16/h8-9,12H,3-7H2,1-2H3,(H,13,14)(H,15,16). The molecule has 0 bridgehead atoms. The summed E-state index contributed by atoms with van der Waals surface area (Å²) in [4.78, 5) is 21.3. The van der Waals surface area contributed by atoms with Gasteiger partial charge in [0.15, 0.2) is 0 Å². The van der Waals surface area contributed by atoms with E-state index >= 15 is 0 Å². The van der Waals surface area contributed by atoms with E-state index < -0.39 is 18.0 Å². The van der Waals surface area contributed by atoms with Crippen molar-refractivity contribution in [3.05, 3.63) is 0 Å². The molecule has 0 saturated heterocycles. The van der Waals surface area contributed by atoms with Gasteiger partial charge in [0.1, 0.15) is 6.04 Å². The molecule has 0 fully saturated rings. The normalized spacial score (nSPS) is 14.4. The first-order chi connectivity index (χ1) is 7.51. The van der Waals surface area contributed by atoms with Crippen molar-refractivity contribution >= 4 is 11.9 Å². The Morgan fingerprint density at radius 3 is 2.25 bits per heavy atom. The summed E-state index contributed by atoms with van der Waals surface area (Å²) in [6, 6.07) is -0.576. The lowest BCUT2D eigenvalue weighted by atomic mass is 9.99. The largest absolute Gasteiger partial charge is 0.481 e. The number of hydrogen-bond acceptors (Lipinski definition) is 3. The van der Waals surface area contributed by atoms with Crippen LogP contribution >= 0.6 is 0 Å². The van der Waals surface area contributed by atoms with Gasteiger partial charge in [-0.1, -0.05) is 20.3 Å². The fraction of sp³-hybridized carbons (Fsp3) is 0.818. The molecule has 0 aromatic carbocycles. The highest BCUT2D eigenvalue weighted by Crippen LogP contribution is 2.10. The zero-order valence-electron chi connectivity index (χ0n) is 9.90. The van der Waals surface area contributed by atoms with Gasteiger partial charge < -0.3 is 15.5 Å². The third-order valence-corrected chi connectivity index (χ3v) is 2.52. The van der Waals surface area contributed by atoms with E-state index in [1.807, 2.05) is 6.92 Å². The number of hydrogen-bond donors (Lipinski definition) is 3. The van der Waals surface area contributed by atoms with Gasteiger partial charge in [0, 0.05) is 6.42 Å². The SMILES string of the molecule is CCCC(CNC(CC)C(=O)O)CC(=O)O. The molecule has 5 nitrogen and oxygen atoms in total. The monoisotopic (exact) mass is 231 g/mol. The Labute approximate surface area is 95.9 Å². The minimum atomic E-state index is -0.881. The molecule has 94 valence electrons. The molecule has 0 aliphatic heterocycles. The Bertz CT molecular complexity index is 230.